The van der Waals surface area contributed by atoms with E-state index in [1.807, 2.05) is 0 Å². The van der Waals surface area contributed by atoms with Crippen LogP contribution >= 0.6 is 38.9 Å². The van der Waals surface area contributed by atoms with Gasteiger partial charge in [0.25, 0.3) is 0 Å². The van der Waals surface area contributed by atoms with Crippen LogP contribution in [0.15, 0.2) is 40.7 Å². The molecule has 0 bridgehead atoms. The fourth-order valence-corrected chi connectivity index (χ4v) is 3.06. The highest BCUT2D eigenvalue weighted by molar-refractivity contribution is 9.10. The van der Waals surface area contributed by atoms with Crippen LogP contribution < -0.4 is 0 Å². The van der Waals surface area contributed by atoms with Crippen molar-refractivity contribution in [2.24, 2.45) is 0 Å². The Hall–Kier alpha value is -0.570. The van der Waals surface area contributed by atoms with E-state index in [1.54, 1.807) is 0 Å². The van der Waals surface area contributed by atoms with Gasteiger partial charge in [0.1, 0.15) is 0 Å². The molecule has 3 rings (SSSR count). The molecule has 0 saturated heterocycles. The lowest BCUT2D eigenvalue weighted by Gasteiger charge is -1.92. The Morgan fingerprint density at radius 2 is 2.07 bits per heavy atom. The van der Waals surface area contributed by atoms with E-state index in [0.29, 0.717) is 9.40 Å². The number of thiophene rings is 1. The summed E-state index contributed by atoms with van der Waals surface area (Å²) >= 11 is 10.3. The van der Waals surface area contributed by atoms with E-state index in [9.17, 15) is 0 Å². The highest BCUT2D eigenvalue weighted by atomic mass is 79.9. The molecule has 1 heterocycles. The Morgan fingerprint density at radius 1 is 1.20 bits per heavy atom. The minimum Gasteiger partial charge on any atom is -0.134 e. The second-order valence-electron chi connectivity index (χ2n) is 2.89. The van der Waals surface area contributed by atoms with Gasteiger partial charge >= 0.3 is 0 Å². The zero-order valence-corrected chi connectivity index (χ0v) is 10.3. The summed E-state index contributed by atoms with van der Waals surface area (Å²) in [5.74, 6) is 0. The van der Waals surface area contributed by atoms with Gasteiger partial charge in [-0.1, -0.05) is 45.7 Å². The molecule has 15 heavy (non-hydrogen) atoms. The number of hydrogen-bond acceptors (Lipinski definition) is 1. The van der Waals surface area contributed by atoms with Crippen molar-refractivity contribution >= 4 is 59.0 Å². The quantitative estimate of drug-likeness (QED) is 0.516. The van der Waals surface area contributed by atoms with Gasteiger partial charge in [-0.15, -0.1) is 11.3 Å². The van der Waals surface area contributed by atoms with Crippen LogP contribution in [-0.4, -0.2) is 0 Å². The maximum Gasteiger partial charge on any atom is 0.0650 e. The average molecular weight is 304 g/mol. The van der Waals surface area contributed by atoms with E-state index in [0.717, 1.165) is 11.3 Å². The highest BCUT2D eigenvalue weighted by Crippen LogP contribution is 2.38. The normalized spacial score (nSPS) is 16.9. The van der Waals surface area contributed by atoms with E-state index >= 15 is 0 Å². The maximum absolute atomic E-state index is 8.09. The van der Waals surface area contributed by atoms with E-state index in [1.165, 1.54) is 0 Å². The Balaban J connectivity index is 2.73. The Bertz CT molecular complexity index is 861. The molecule has 3 heteroatoms. The van der Waals surface area contributed by atoms with Crippen molar-refractivity contribution in [2.45, 2.75) is 0 Å². The van der Waals surface area contributed by atoms with Gasteiger partial charge in [0.15, 0.2) is 0 Å². The van der Waals surface area contributed by atoms with Crippen molar-refractivity contribution in [2.75, 3.05) is 0 Å². The van der Waals surface area contributed by atoms with Crippen LogP contribution in [0.25, 0.3) is 20.2 Å². The van der Waals surface area contributed by atoms with E-state index in [4.69, 9.17) is 19.8 Å². The molecule has 0 spiro atoms. The van der Waals surface area contributed by atoms with Crippen LogP contribution in [0.3, 0.4) is 0 Å². The van der Waals surface area contributed by atoms with Crippen molar-refractivity contribution in [1.82, 2.24) is 0 Å². The minimum atomic E-state index is -0.312. The monoisotopic (exact) mass is 302 g/mol. The van der Waals surface area contributed by atoms with Crippen molar-refractivity contribution < 1.29 is 8.22 Å². The Labute approximate surface area is 113 Å². The SMILES string of the molecule is [2H]c1c([2H])c([2H])c2c(sc3c([2H])c(Br)c([2H])c([2H])c32)c1Cl. The lowest BCUT2D eigenvalue weighted by molar-refractivity contribution is 1.77. The molecule has 0 aliphatic carbocycles. The molecule has 0 amide bonds. The number of rotatable bonds is 0. The molecule has 0 N–H and O–H groups in total. The van der Waals surface area contributed by atoms with Crippen LogP contribution in [0.1, 0.15) is 8.22 Å². The summed E-state index contributed by atoms with van der Waals surface area (Å²) in [6.45, 7) is 0. The first-order chi connectivity index (χ1) is 9.77. The van der Waals surface area contributed by atoms with Crippen LogP contribution in [-0.2, 0) is 0 Å². The molecule has 0 aliphatic rings. The lowest BCUT2D eigenvalue weighted by atomic mass is 10.1. The molecule has 0 saturated carbocycles. The third-order valence-electron chi connectivity index (χ3n) is 1.99. The summed E-state index contributed by atoms with van der Waals surface area (Å²) in [7, 11) is 0. The zero-order chi connectivity index (χ0) is 15.6. The van der Waals surface area contributed by atoms with E-state index in [-0.39, 0.29) is 56.5 Å². The lowest BCUT2D eigenvalue weighted by Crippen LogP contribution is -1.67. The summed E-state index contributed by atoms with van der Waals surface area (Å²) in [5, 5.41) is 0.614. The smallest absolute Gasteiger partial charge is 0.0650 e. The molecule has 0 radical (unpaired) electrons. The Kier molecular flexibility index (Phi) is 1.20. The summed E-state index contributed by atoms with van der Waals surface area (Å²) in [6.07, 6.45) is 0. The van der Waals surface area contributed by atoms with Crippen LogP contribution in [0.5, 0.6) is 0 Å². The van der Waals surface area contributed by atoms with Crippen molar-refractivity contribution in [3.63, 3.8) is 0 Å². The minimum absolute atomic E-state index is 0.0497. The highest BCUT2D eigenvalue weighted by Gasteiger charge is 2.07. The second-order valence-corrected chi connectivity index (χ2v) is 5.08. The summed E-state index contributed by atoms with van der Waals surface area (Å²) < 4.78 is 48.7. The van der Waals surface area contributed by atoms with Crippen molar-refractivity contribution in [1.29, 1.82) is 0 Å². The van der Waals surface area contributed by atoms with Gasteiger partial charge < -0.3 is 0 Å². The summed E-state index contributed by atoms with van der Waals surface area (Å²) in [6, 6.07) is -0.928. The first-order valence-electron chi connectivity index (χ1n) is 7.04. The first kappa shape index (κ1) is 5.17. The second kappa shape index (κ2) is 3.48. The molecule has 0 atom stereocenters. The van der Waals surface area contributed by atoms with Crippen molar-refractivity contribution in [3.8, 4) is 0 Å². The molecule has 3 aromatic rings. The average Bonchev–Trinajstić information content (AvgIpc) is 2.87. The van der Waals surface area contributed by atoms with Crippen LogP contribution in [0.2, 0.25) is 5.02 Å². The van der Waals surface area contributed by atoms with Gasteiger partial charge in [-0.2, -0.15) is 0 Å². The number of benzene rings is 2. The van der Waals surface area contributed by atoms with Gasteiger partial charge in [0.05, 0.1) is 17.9 Å². The van der Waals surface area contributed by atoms with Gasteiger partial charge in [-0.3, -0.25) is 0 Å². The van der Waals surface area contributed by atoms with Gasteiger partial charge in [0.2, 0.25) is 0 Å². The Morgan fingerprint density at radius 3 is 2.93 bits per heavy atom. The van der Waals surface area contributed by atoms with E-state index in [2.05, 4.69) is 15.9 Å². The fourth-order valence-electron chi connectivity index (χ4n) is 1.37. The summed E-state index contributed by atoms with van der Waals surface area (Å²) in [4.78, 5) is 0. The number of fused-ring (bicyclic) bond motifs is 3. The van der Waals surface area contributed by atoms with Crippen molar-refractivity contribution in [3.05, 3.63) is 45.7 Å². The van der Waals surface area contributed by atoms with E-state index < -0.39 is 0 Å². The number of halogens is 2. The molecule has 0 unspecified atom stereocenters. The third kappa shape index (κ3) is 1.48. The first-order valence-corrected chi connectivity index (χ1v) is 6.02. The molecule has 74 valence electrons. The molecule has 2 aromatic carbocycles. The van der Waals surface area contributed by atoms with Crippen LogP contribution in [0, 0.1) is 0 Å². The molecule has 0 aliphatic heterocycles. The molecular formula is C12H6BrClS. The molecular weight excluding hydrogens is 292 g/mol. The molecule has 0 nitrogen and oxygen atoms in total. The topological polar surface area (TPSA) is 0 Å². The van der Waals surface area contributed by atoms with Gasteiger partial charge in [0, 0.05) is 19.9 Å². The van der Waals surface area contributed by atoms with Gasteiger partial charge in [-0.05, 0) is 18.1 Å². The third-order valence-corrected chi connectivity index (χ3v) is 3.90. The largest absolute Gasteiger partial charge is 0.134 e. The molecule has 0 fully saturated rings. The predicted molar refractivity (Wildman–Crippen MR) is 72.0 cm³/mol. The fraction of sp³-hybridized carbons (Fsp3) is 0. The number of hydrogen-bond donors (Lipinski definition) is 0. The summed E-state index contributed by atoms with van der Waals surface area (Å²) in [5.41, 5.74) is 0. The predicted octanol–water partition coefficient (Wildman–Crippen LogP) is 5.47. The standard InChI is InChI=1S/C12H6BrClS/c13-7-4-5-8-9-2-1-3-10(14)12(9)15-11(8)6-7/h1-6H/i1D,2D,3D,4D,5D,6D. The maximum atomic E-state index is 8.09. The van der Waals surface area contributed by atoms with Gasteiger partial charge in [-0.25, -0.2) is 0 Å². The van der Waals surface area contributed by atoms with Crippen LogP contribution in [0.4, 0.5) is 0 Å². The molecule has 1 aromatic heterocycles. The zero-order valence-electron chi connectivity index (χ0n) is 13.2.